The van der Waals surface area contributed by atoms with Gasteiger partial charge in [0.25, 0.3) is 0 Å². The average molecular weight is 343 g/mol. The van der Waals surface area contributed by atoms with Crippen molar-refractivity contribution in [1.29, 1.82) is 0 Å². The van der Waals surface area contributed by atoms with E-state index in [-0.39, 0.29) is 0 Å². The molecule has 3 heterocycles. The highest BCUT2D eigenvalue weighted by Crippen LogP contribution is 2.30. The predicted octanol–water partition coefficient (Wildman–Crippen LogP) is 4.43. The number of rotatable bonds is 5. The highest BCUT2D eigenvalue weighted by atomic mass is 32.1. The van der Waals surface area contributed by atoms with Gasteiger partial charge in [0.2, 0.25) is 0 Å². The maximum Gasteiger partial charge on any atom is 0.169 e. The molecule has 0 aromatic carbocycles. The highest BCUT2D eigenvalue weighted by molar-refractivity contribution is 7.18. The molecule has 3 aromatic rings. The summed E-state index contributed by atoms with van der Waals surface area (Å²) in [7, 11) is 0. The van der Waals surface area contributed by atoms with Crippen molar-refractivity contribution < 1.29 is 4.52 Å². The van der Waals surface area contributed by atoms with Crippen molar-refractivity contribution in [3.8, 4) is 0 Å². The third-order valence-electron chi connectivity index (χ3n) is 4.46. The van der Waals surface area contributed by atoms with Crippen LogP contribution < -0.4 is 10.6 Å². The average Bonchev–Trinajstić information content (AvgIpc) is 3.18. The second kappa shape index (κ2) is 7.17. The van der Waals surface area contributed by atoms with E-state index >= 15 is 0 Å². The highest BCUT2D eigenvalue weighted by Gasteiger charge is 2.15. The van der Waals surface area contributed by atoms with Crippen LogP contribution in [0.2, 0.25) is 0 Å². The van der Waals surface area contributed by atoms with Gasteiger partial charge in [-0.3, -0.25) is 0 Å². The molecule has 126 valence electrons. The maximum absolute atomic E-state index is 4.83. The molecule has 6 nitrogen and oxygen atoms in total. The zero-order chi connectivity index (χ0) is 16.2. The minimum absolute atomic E-state index is 0.530. The molecule has 1 fully saturated rings. The Hall–Kier alpha value is -2.15. The van der Waals surface area contributed by atoms with Gasteiger partial charge in [0.1, 0.15) is 23.2 Å². The molecule has 0 spiro atoms. The Morgan fingerprint density at radius 1 is 1.17 bits per heavy atom. The summed E-state index contributed by atoms with van der Waals surface area (Å²) >= 11 is 1.69. The molecule has 4 rings (SSSR count). The first kappa shape index (κ1) is 15.4. The van der Waals surface area contributed by atoms with E-state index in [9.17, 15) is 0 Å². The topological polar surface area (TPSA) is 75.9 Å². The Bertz CT molecular complexity index is 777. The zero-order valence-electron chi connectivity index (χ0n) is 13.5. The van der Waals surface area contributed by atoms with Crippen LogP contribution in [0.1, 0.15) is 43.4 Å². The van der Waals surface area contributed by atoms with Gasteiger partial charge in [-0.05, 0) is 18.9 Å². The fraction of sp³-hybridized carbons (Fsp3) is 0.471. The maximum atomic E-state index is 4.83. The van der Waals surface area contributed by atoms with Gasteiger partial charge in [0.05, 0.1) is 11.9 Å². The van der Waals surface area contributed by atoms with Crippen molar-refractivity contribution in [2.24, 2.45) is 0 Å². The lowest BCUT2D eigenvalue weighted by Gasteiger charge is -2.17. The molecule has 0 unspecified atom stereocenters. The Morgan fingerprint density at radius 3 is 2.83 bits per heavy atom. The van der Waals surface area contributed by atoms with Gasteiger partial charge >= 0.3 is 0 Å². The molecule has 2 N–H and O–H groups in total. The fourth-order valence-electron chi connectivity index (χ4n) is 3.21. The quantitative estimate of drug-likeness (QED) is 0.668. The summed E-state index contributed by atoms with van der Waals surface area (Å²) in [5.41, 5.74) is 0. The van der Waals surface area contributed by atoms with E-state index in [0.717, 1.165) is 21.9 Å². The van der Waals surface area contributed by atoms with Crippen molar-refractivity contribution in [3.05, 3.63) is 29.6 Å². The normalized spacial score (nSPS) is 16.2. The first-order valence-corrected chi connectivity index (χ1v) is 9.34. The van der Waals surface area contributed by atoms with Gasteiger partial charge in [-0.2, -0.15) is 0 Å². The van der Waals surface area contributed by atoms with Gasteiger partial charge in [-0.25, -0.2) is 9.97 Å². The lowest BCUT2D eigenvalue weighted by Crippen LogP contribution is -2.19. The molecule has 0 atom stereocenters. The molecular formula is C17H21N5OS. The number of hydrogen-bond acceptors (Lipinski definition) is 7. The van der Waals surface area contributed by atoms with Crippen LogP contribution in [-0.2, 0) is 6.54 Å². The molecule has 3 aromatic heterocycles. The van der Waals surface area contributed by atoms with Crippen molar-refractivity contribution in [1.82, 2.24) is 15.1 Å². The summed E-state index contributed by atoms with van der Waals surface area (Å²) in [4.78, 5) is 11.1. The van der Waals surface area contributed by atoms with Crippen LogP contribution in [0.3, 0.4) is 0 Å². The minimum atomic E-state index is 0.530. The number of aromatic nitrogens is 3. The Kier molecular flexibility index (Phi) is 4.60. The lowest BCUT2D eigenvalue weighted by atomic mass is 10.1. The van der Waals surface area contributed by atoms with Crippen molar-refractivity contribution in [2.75, 3.05) is 10.6 Å². The number of thiophene rings is 1. The number of fused-ring (bicyclic) bond motifs is 1. The second-order valence-electron chi connectivity index (χ2n) is 6.22. The van der Waals surface area contributed by atoms with Crippen molar-refractivity contribution in [3.63, 3.8) is 0 Å². The SMILES string of the molecule is c1nc(NC2CCCCCC2)c2cc(CNc3ccon3)sc2n1. The van der Waals surface area contributed by atoms with Crippen LogP contribution in [0.15, 0.2) is 29.2 Å². The van der Waals surface area contributed by atoms with Gasteiger partial charge in [0.15, 0.2) is 5.82 Å². The van der Waals surface area contributed by atoms with E-state index < -0.39 is 0 Å². The van der Waals surface area contributed by atoms with Gasteiger partial charge in [-0.15, -0.1) is 11.3 Å². The molecular weight excluding hydrogens is 322 g/mol. The first-order chi connectivity index (χ1) is 11.9. The van der Waals surface area contributed by atoms with Crippen molar-refractivity contribution in [2.45, 2.75) is 51.1 Å². The van der Waals surface area contributed by atoms with E-state index in [2.05, 4.69) is 31.8 Å². The molecule has 1 aliphatic carbocycles. The number of nitrogens with one attached hydrogen (secondary N) is 2. The molecule has 1 saturated carbocycles. The molecule has 0 amide bonds. The smallest absolute Gasteiger partial charge is 0.169 e. The van der Waals surface area contributed by atoms with E-state index in [1.54, 1.807) is 23.9 Å². The Labute approximate surface area is 144 Å². The number of anilines is 2. The predicted molar refractivity (Wildman–Crippen MR) is 96.4 cm³/mol. The summed E-state index contributed by atoms with van der Waals surface area (Å²) < 4.78 is 4.83. The summed E-state index contributed by atoms with van der Waals surface area (Å²) in [6, 6.07) is 4.51. The Morgan fingerprint density at radius 2 is 2.04 bits per heavy atom. The van der Waals surface area contributed by atoms with Gasteiger partial charge in [0, 0.05) is 17.0 Å². The lowest BCUT2D eigenvalue weighted by molar-refractivity contribution is 0.422. The molecule has 1 aliphatic rings. The van der Waals surface area contributed by atoms with Crippen LogP contribution in [-0.4, -0.2) is 21.2 Å². The van der Waals surface area contributed by atoms with Crippen LogP contribution in [0, 0.1) is 0 Å². The van der Waals surface area contributed by atoms with Crippen LogP contribution >= 0.6 is 11.3 Å². The largest absolute Gasteiger partial charge is 0.367 e. The van der Waals surface area contributed by atoms with Crippen LogP contribution in [0.25, 0.3) is 10.2 Å². The number of nitrogens with zero attached hydrogens (tertiary/aromatic N) is 3. The first-order valence-electron chi connectivity index (χ1n) is 8.53. The van der Waals surface area contributed by atoms with Gasteiger partial charge < -0.3 is 15.2 Å². The molecule has 24 heavy (non-hydrogen) atoms. The van der Waals surface area contributed by atoms with E-state index in [1.807, 2.05) is 6.07 Å². The Balaban J connectivity index is 1.50. The van der Waals surface area contributed by atoms with Crippen LogP contribution in [0.4, 0.5) is 11.6 Å². The van der Waals surface area contributed by atoms with Crippen LogP contribution in [0.5, 0.6) is 0 Å². The van der Waals surface area contributed by atoms with E-state index in [0.29, 0.717) is 12.6 Å². The third kappa shape index (κ3) is 3.51. The monoisotopic (exact) mass is 343 g/mol. The second-order valence-corrected chi connectivity index (χ2v) is 7.34. The summed E-state index contributed by atoms with van der Waals surface area (Å²) in [5, 5.41) is 11.9. The fourth-order valence-corrected chi connectivity index (χ4v) is 4.14. The van der Waals surface area contributed by atoms with E-state index in [4.69, 9.17) is 4.52 Å². The molecule has 0 saturated heterocycles. The standard InChI is InChI=1S/C17H21N5OS/c1-2-4-6-12(5-3-1)21-16-14-9-13(24-17(14)20-11-19-16)10-18-15-7-8-23-22-15/h7-9,11-12H,1-6,10H2,(H,18,22)(H,19,20,21). The molecule has 7 heteroatoms. The summed E-state index contributed by atoms with van der Waals surface area (Å²) in [6.45, 7) is 0.705. The summed E-state index contributed by atoms with van der Waals surface area (Å²) in [6.07, 6.45) is 11.0. The molecule has 0 aliphatic heterocycles. The van der Waals surface area contributed by atoms with Gasteiger partial charge in [-0.1, -0.05) is 30.8 Å². The summed E-state index contributed by atoms with van der Waals surface area (Å²) in [5.74, 6) is 1.71. The molecule has 0 radical (unpaired) electrons. The number of hydrogen-bond donors (Lipinski definition) is 2. The van der Waals surface area contributed by atoms with Crippen molar-refractivity contribution >= 4 is 33.2 Å². The van der Waals surface area contributed by atoms with E-state index in [1.165, 1.54) is 43.4 Å². The molecule has 0 bridgehead atoms. The zero-order valence-corrected chi connectivity index (χ0v) is 14.3. The minimum Gasteiger partial charge on any atom is -0.367 e. The third-order valence-corrected chi connectivity index (χ3v) is 5.50.